The fraction of sp³-hybridized carbons (Fsp3) is 0.300. The first-order chi connectivity index (χ1) is 18.0. The topological polar surface area (TPSA) is 62.7 Å². The van der Waals surface area contributed by atoms with Gasteiger partial charge in [0.2, 0.25) is 0 Å². The molecule has 5 rings (SSSR count). The molecule has 1 aromatic heterocycles. The zero-order valence-corrected chi connectivity index (χ0v) is 22.1. The first-order valence-corrected chi connectivity index (χ1v) is 13.5. The van der Waals surface area contributed by atoms with E-state index < -0.39 is 0 Å². The molecule has 0 unspecified atom stereocenters. The molecule has 1 aliphatic heterocycles. The van der Waals surface area contributed by atoms with E-state index in [-0.39, 0.29) is 11.7 Å². The Balaban J connectivity index is 1.39. The van der Waals surface area contributed by atoms with Crippen LogP contribution in [-0.2, 0) is 4.74 Å². The summed E-state index contributed by atoms with van der Waals surface area (Å²) in [5.74, 6) is -0.160. The van der Waals surface area contributed by atoms with Crippen LogP contribution in [-0.4, -0.2) is 61.0 Å². The largest absolute Gasteiger partial charge is 0.379 e. The van der Waals surface area contributed by atoms with Gasteiger partial charge in [-0.1, -0.05) is 53.8 Å². The third-order valence-corrected chi connectivity index (χ3v) is 7.90. The zero-order valence-electron chi connectivity index (χ0n) is 21.3. The predicted molar refractivity (Wildman–Crippen MR) is 149 cm³/mol. The minimum Gasteiger partial charge on any atom is -0.379 e. The molecular weight excluding hydrogens is 482 g/mol. The Morgan fingerprint density at radius 1 is 0.919 bits per heavy atom. The van der Waals surface area contributed by atoms with Crippen LogP contribution in [0.1, 0.15) is 43.8 Å². The molecule has 4 aromatic rings. The van der Waals surface area contributed by atoms with Crippen LogP contribution in [0.4, 0.5) is 5.13 Å². The van der Waals surface area contributed by atoms with Crippen LogP contribution in [0.3, 0.4) is 0 Å². The van der Waals surface area contributed by atoms with Gasteiger partial charge < -0.3 is 4.74 Å². The molecular formula is C30H31N3O3S. The first kappa shape index (κ1) is 25.3. The Kier molecular flexibility index (Phi) is 7.74. The molecule has 37 heavy (non-hydrogen) atoms. The highest BCUT2D eigenvalue weighted by molar-refractivity contribution is 7.22. The molecule has 0 saturated carbocycles. The van der Waals surface area contributed by atoms with Crippen molar-refractivity contribution >= 4 is 38.4 Å². The van der Waals surface area contributed by atoms with E-state index in [1.807, 2.05) is 18.2 Å². The number of hydrogen-bond acceptors (Lipinski definition) is 6. The second-order valence-corrected chi connectivity index (χ2v) is 10.4. The average molecular weight is 514 g/mol. The monoisotopic (exact) mass is 513 g/mol. The lowest BCUT2D eigenvalue weighted by atomic mass is 10.0. The SMILES string of the molecule is Cc1cc2nc(N(CCCN3CCOCC3)C(=O)c3ccc(C(=O)c4ccccc4)cc3)sc2cc1C. The summed E-state index contributed by atoms with van der Waals surface area (Å²) in [6, 6.07) is 20.4. The van der Waals surface area contributed by atoms with E-state index >= 15 is 0 Å². The van der Waals surface area contributed by atoms with Gasteiger partial charge in [0, 0.05) is 42.9 Å². The maximum atomic E-state index is 13.8. The standard InChI is InChI=1S/C30H31N3O3S/c1-21-19-26-27(20-22(21)2)37-30(31-26)33(14-6-13-32-15-17-36-18-16-32)29(35)25-11-9-24(10-12-25)28(34)23-7-4-3-5-8-23/h3-5,7-12,19-20H,6,13-18H2,1-2H3. The lowest BCUT2D eigenvalue weighted by molar-refractivity contribution is 0.0376. The number of aryl methyl sites for hydroxylation is 2. The number of hydrogen-bond donors (Lipinski definition) is 0. The Morgan fingerprint density at radius 2 is 1.57 bits per heavy atom. The van der Waals surface area contributed by atoms with E-state index in [2.05, 4.69) is 30.9 Å². The average Bonchev–Trinajstić information content (AvgIpc) is 3.34. The molecule has 3 aromatic carbocycles. The summed E-state index contributed by atoms with van der Waals surface area (Å²) in [6.45, 7) is 9.00. The first-order valence-electron chi connectivity index (χ1n) is 12.7. The van der Waals surface area contributed by atoms with Gasteiger partial charge in [0.15, 0.2) is 10.9 Å². The molecule has 0 N–H and O–H groups in total. The van der Waals surface area contributed by atoms with Crippen molar-refractivity contribution in [1.29, 1.82) is 0 Å². The molecule has 0 aliphatic carbocycles. The minimum atomic E-state index is -0.104. The van der Waals surface area contributed by atoms with Crippen LogP contribution in [0, 0.1) is 13.8 Å². The Hall–Kier alpha value is -3.39. The summed E-state index contributed by atoms with van der Waals surface area (Å²) in [7, 11) is 0. The fourth-order valence-electron chi connectivity index (χ4n) is 4.52. The Bertz CT molecular complexity index is 1350. The molecule has 0 atom stereocenters. The number of morpholine rings is 1. The summed E-state index contributed by atoms with van der Waals surface area (Å²) in [4.78, 5) is 35.6. The van der Waals surface area contributed by atoms with Gasteiger partial charge in [-0.25, -0.2) is 4.98 Å². The smallest absolute Gasteiger partial charge is 0.260 e. The maximum Gasteiger partial charge on any atom is 0.260 e. The van der Waals surface area contributed by atoms with Crippen molar-refractivity contribution in [3.63, 3.8) is 0 Å². The summed E-state index contributed by atoms with van der Waals surface area (Å²) in [6.07, 6.45) is 0.838. The molecule has 6 nitrogen and oxygen atoms in total. The molecule has 1 aliphatic rings. The van der Waals surface area contributed by atoms with E-state index in [4.69, 9.17) is 9.72 Å². The lowest BCUT2D eigenvalue weighted by Crippen LogP contribution is -2.39. The summed E-state index contributed by atoms with van der Waals surface area (Å²) in [5.41, 5.74) is 5.05. The minimum absolute atomic E-state index is 0.0566. The number of carbonyl (C=O) groups is 2. The van der Waals surface area contributed by atoms with E-state index in [1.54, 1.807) is 52.6 Å². The van der Waals surface area contributed by atoms with Gasteiger partial charge in [0.1, 0.15) is 0 Å². The van der Waals surface area contributed by atoms with Crippen molar-refractivity contribution in [3.05, 3.63) is 94.5 Å². The van der Waals surface area contributed by atoms with E-state index in [9.17, 15) is 9.59 Å². The molecule has 2 heterocycles. The number of ether oxygens (including phenoxy) is 1. The number of rotatable bonds is 8. The van der Waals surface area contributed by atoms with Gasteiger partial charge in [-0.15, -0.1) is 0 Å². The molecule has 1 amide bonds. The molecule has 1 fully saturated rings. The zero-order chi connectivity index (χ0) is 25.8. The molecule has 0 radical (unpaired) electrons. The van der Waals surface area contributed by atoms with Crippen molar-refractivity contribution in [3.8, 4) is 0 Å². The van der Waals surface area contributed by atoms with Gasteiger partial charge >= 0.3 is 0 Å². The van der Waals surface area contributed by atoms with Crippen LogP contribution in [0.5, 0.6) is 0 Å². The number of amides is 1. The molecule has 0 spiro atoms. The van der Waals surface area contributed by atoms with Crippen molar-refractivity contribution < 1.29 is 14.3 Å². The molecule has 1 saturated heterocycles. The van der Waals surface area contributed by atoms with Gasteiger partial charge in [0.25, 0.3) is 5.91 Å². The molecule has 7 heteroatoms. The Labute approximate surface area is 221 Å². The Morgan fingerprint density at radius 3 is 2.30 bits per heavy atom. The van der Waals surface area contributed by atoms with Crippen LogP contribution in [0.15, 0.2) is 66.7 Å². The number of aromatic nitrogens is 1. The van der Waals surface area contributed by atoms with Gasteiger partial charge in [-0.2, -0.15) is 0 Å². The second kappa shape index (κ2) is 11.3. The van der Waals surface area contributed by atoms with Crippen LogP contribution in [0.2, 0.25) is 0 Å². The van der Waals surface area contributed by atoms with Gasteiger partial charge in [0.05, 0.1) is 23.4 Å². The van der Waals surface area contributed by atoms with Crippen LogP contribution >= 0.6 is 11.3 Å². The fourth-order valence-corrected chi connectivity index (χ4v) is 5.59. The van der Waals surface area contributed by atoms with Crippen molar-refractivity contribution in [1.82, 2.24) is 9.88 Å². The van der Waals surface area contributed by atoms with E-state index in [1.165, 1.54) is 11.1 Å². The van der Waals surface area contributed by atoms with Crippen molar-refractivity contribution in [2.24, 2.45) is 0 Å². The lowest BCUT2D eigenvalue weighted by Gasteiger charge is -2.27. The normalized spacial score (nSPS) is 14.1. The highest BCUT2D eigenvalue weighted by atomic mass is 32.1. The number of thiazole rings is 1. The van der Waals surface area contributed by atoms with Gasteiger partial charge in [-0.05, 0) is 55.7 Å². The summed E-state index contributed by atoms with van der Waals surface area (Å²) < 4.78 is 6.54. The van der Waals surface area contributed by atoms with E-state index in [0.29, 0.717) is 28.4 Å². The summed E-state index contributed by atoms with van der Waals surface area (Å²) in [5, 5.41) is 0.705. The molecule has 190 valence electrons. The summed E-state index contributed by atoms with van der Waals surface area (Å²) >= 11 is 1.55. The molecule has 0 bridgehead atoms. The number of nitrogens with zero attached hydrogens (tertiary/aromatic N) is 3. The predicted octanol–water partition coefficient (Wildman–Crippen LogP) is 5.51. The highest BCUT2D eigenvalue weighted by Gasteiger charge is 2.23. The van der Waals surface area contributed by atoms with Crippen molar-refractivity contribution in [2.45, 2.75) is 20.3 Å². The van der Waals surface area contributed by atoms with Gasteiger partial charge in [-0.3, -0.25) is 19.4 Å². The van der Waals surface area contributed by atoms with Crippen LogP contribution < -0.4 is 4.90 Å². The highest BCUT2D eigenvalue weighted by Crippen LogP contribution is 2.32. The number of carbonyl (C=O) groups excluding carboxylic acids is 2. The quantitative estimate of drug-likeness (QED) is 0.291. The number of anilines is 1. The second-order valence-electron chi connectivity index (χ2n) is 9.44. The number of fused-ring (bicyclic) bond motifs is 1. The van der Waals surface area contributed by atoms with Crippen LogP contribution in [0.25, 0.3) is 10.2 Å². The third kappa shape index (κ3) is 5.80. The van der Waals surface area contributed by atoms with Crippen molar-refractivity contribution in [2.75, 3.05) is 44.3 Å². The number of ketones is 1. The maximum absolute atomic E-state index is 13.8. The number of benzene rings is 3. The van der Waals surface area contributed by atoms with E-state index in [0.717, 1.165) is 49.5 Å². The third-order valence-electron chi connectivity index (χ3n) is 6.86.